The molecule has 0 unspecified atom stereocenters. The van der Waals surface area contributed by atoms with E-state index in [4.69, 9.17) is 9.47 Å². The fraction of sp³-hybridized carbons (Fsp3) is 0.500. The Morgan fingerprint density at radius 2 is 1.78 bits per heavy atom. The van der Waals surface area contributed by atoms with Gasteiger partial charge in [-0.05, 0) is 25.3 Å². The molecule has 2 heteroatoms. The molecule has 0 aliphatic carbocycles. The summed E-state index contributed by atoms with van der Waals surface area (Å²) in [7, 11) is 0. The van der Waals surface area contributed by atoms with Gasteiger partial charge in [0.05, 0.1) is 6.10 Å². The van der Waals surface area contributed by atoms with Gasteiger partial charge in [0.1, 0.15) is 6.10 Å². The summed E-state index contributed by atoms with van der Waals surface area (Å²) in [6.07, 6.45) is 4.36. The average molecular weight is 246 g/mol. The van der Waals surface area contributed by atoms with Crippen molar-refractivity contribution in [3.05, 3.63) is 42.0 Å². The largest absolute Gasteiger partial charge is 0.344 e. The van der Waals surface area contributed by atoms with Crippen LogP contribution >= 0.6 is 0 Å². The van der Waals surface area contributed by atoms with Crippen LogP contribution in [0.4, 0.5) is 0 Å². The number of rotatable bonds is 3. The van der Waals surface area contributed by atoms with E-state index in [-0.39, 0.29) is 12.2 Å². The summed E-state index contributed by atoms with van der Waals surface area (Å²) in [5.74, 6) is -0.0436. The van der Waals surface area contributed by atoms with Gasteiger partial charge in [-0.2, -0.15) is 0 Å². The summed E-state index contributed by atoms with van der Waals surface area (Å²) >= 11 is 0. The van der Waals surface area contributed by atoms with Crippen molar-refractivity contribution < 1.29 is 9.47 Å². The van der Waals surface area contributed by atoms with Crippen molar-refractivity contribution in [2.75, 3.05) is 0 Å². The molecule has 1 aliphatic heterocycles. The van der Waals surface area contributed by atoms with E-state index in [1.807, 2.05) is 32.0 Å². The quantitative estimate of drug-likeness (QED) is 0.806. The van der Waals surface area contributed by atoms with Gasteiger partial charge in [0.15, 0.2) is 5.79 Å². The molecule has 0 bridgehead atoms. The van der Waals surface area contributed by atoms with Crippen molar-refractivity contribution in [2.45, 2.75) is 45.7 Å². The molecule has 1 aliphatic rings. The Kier molecular flexibility index (Phi) is 3.88. The zero-order chi connectivity index (χ0) is 13.2. The molecule has 1 aromatic carbocycles. The van der Waals surface area contributed by atoms with Crippen LogP contribution in [-0.4, -0.2) is 18.0 Å². The predicted molar refractivity (Wildman–Crippen MR) is 74.1 cm³/mol. The van der Waals surface area contributed by atoms with Gasteiger partial charge in [0.25, 0.3) is 0 Å². The van der Waals surface area contributed by atoms with Crippen LogP contribution in [0, 0.1) is 5.92 Å². The van der Waals surface area contributed by atoms with E-state index in [0.717, 1.165) is 0 Å². The first-order valence-corrected chi connectivity index (χ1v) is 6.57. The van der Waals surface area contributed by atoms with Crippen LogP contribution in [0.3, 0.4) is 0 Å². The second-order valence-corrected chi connectivity index (χ2v) is 5.58. The van der Waals surface area contributed by atoms with Gasteiger partial charge < -0.3 is 9.47 Å². The van der Waals surface area contributed by atoms with Crippen LogP contribution in [0.15, 0.2) is 36.4 Å². The smallest absolute Gasteiger partial charge is 0.164 e. The fourth-order valence-corrected chi connectivity index (χ4v) is 2.25. The molecule has 0 N–H and O–H groups in total. The molecule has 1 aromatic rings. The van der Waals surface area contributed by atoms with Gasteiger partial charge in [-0.15, -0.1) is 0 Å². The second-order valence-electron chi connectivity index (χ2n) is 5.58. The summed E-state index contributed by atoms with van der Waals surface area (Å²) in [5.41, 5.74) is 1.19. The van der Waals surface area contributed by atoms with E-state index >= 15 is 0 Å². The van der Waals surface area contributed by atoms with E-state index in [1.165, 1.54) is 5.56 Å². The molecule has 1 heterocycles. The summed E-state index contributed by atoms with van der Waals surface area (Å²) in [4.78, 5) is 0. The maximum absolute atomic E-state index is 5.94. The third kappa shape index (κ3) is 3.21. The first kappa shape index (κ1) is 13.3. The van der Waals surface area contributed by atoms with Crippen LogP contribution in [0.25, 0.3) is 6.08 Å². The lowest BCUT2D eigenvalue weighted by Crippen LogP contribution is -2.26. The molecule has 0 amide bonds. The van der Waals surface area contributed by atoms with Gasteiger partial charge in [-0.1, -0.05) is 56.3 Å². The maximum Gasteiger partial charge on any atom is 0.164 e. The standard InChI is InChI=1S/C16H22O2/c1-12(2)15-14(17-16(3,4)18-15)11-10-13-8-6-5-7-9-13/h5-12,14-15H,1-4H3/b11-10+/t14-,15+/m1/s1. The molecule has 2 atom stereocenters. The van der Waals surface area contributed by atoms with Gasteiger partial charge in [0, 0.05) is 0 Å². The highest BCUT2D eigenvalue weighted by Crippen LogP contribution is 2.32. The lowest BCUT2D eigenvalue weighted by molar-refractivity contribution is -0.146. The van der Waals surface area contributed by atoms with Gasteiger partial charge in [-0.25, -0.2) is 0 Å². The van der Waals surface area contributed by atoms with Gasteiger partial charge in [-0.3, -0.25) is 0 Å². The van der Waals surface area contributed by atoms with Crippen molar-refractivity contribution in [3.8, 4) is 0 Å². The van der Waals surface area contributed by atoms with Crippen LogP contribution in [0.1, 0.15) is 33.3 Å². The van der Waals surface area contributed by atoms with Gasteiger partial charge in [0.2, 0.25) is 0 Å². The van der Waals surface area contributed by atoms with Gasteiger partial charge >= 0.3 is 0 Å². The number of hydrogen-bond donors (Lipinski definition) is 0. The molecule has 0 saturated carbocycles. The number of hydrogen-bond acceptors (Lipinski definition) is 2. The maximum atomic E-state index is 5.94. The van der Waals surface area contributed by atoms with E-state index in [1.54, 1.807) is 0 Å². The SMILES string of the molecule is CC(C)[C@@H]1OC(C)(C)O[C@@H]1/C=C/c1ccccc1. The second kappa shape index (κ2) is 5.25. The molecular weight excluding hydrogens is 224 g/mol. The number of ether oxygens (including phenoxy) is 2. The highest BCUT2D eigenvalue weighted by molar-refractivity contribution is 5.49. The molecule has 2 nitrogen and oxygen atoms in total. The van der Waals surface area contributed by atoms with E-state index < -0.39 is 5.79 Å². The van der Waals surface area contributed by atoms with Crippen molar-refractivity contribution in [1.82, 2.24) is 0 Å². The van der Waals surface area contributed by atoms with E-state index in [2.05, 4.69) is 38.1 Å². The Balaban J connectivity index is 2.10. The van der Waals surface area contributed by atoms with Crippen LogP contribution in [-0.2, 0) is 9.47 Å². The molecule has 0 spiro atoms. The molecule has 0 aromatic heterocycles. The third-order valence-corrected chi connectivity index (χ3v) is 3.10. The zero-order valence-corrected chi connectivity index (χ0v) is 11.6. The van der Waals surface area contributed by atoms with Crippen LogP contribution in [0.2, 0.25) is 0 Å². The highest BCUT2D eigenvalue weighted by Gasteiger charge is 2.41. The van der Waals surface area contributed by atoms with Crippen molar-refractivity contribution >= 4 is 6.08 Å². The first-order valence-electron chi connectivity index (χ1n) is 6.57. The minimum Gasteiger partial charge on any atom is -0.344 e. The monoisotopic (exact) mass is 246 g/mol. The molecule has 18 heavy (non-hydrogen) atoms. The summed E-state index contributed by atoms with van der Waals surface area (Å²) in [6, 6.07) is 10.3. The summed E-state index contributed by atoms with van der Waals surface area (Å²) < 4.78 is 11.9. The Morgan fingerprint density at radius 3 is 2.39 bits per heavy atom. The lowest BCUT2D eigenvalue weighted by atomic mass is 10.0. The Morgan fingerprint density at radius 1 is 1.11 bits per heavy atom. The molecule has 0 radical (unpaired) electrons. The molecule has 1 saturated heterocycles. The van der Waals surface area contributed by atoms with Crippen molar-refractivity contribution in [1.29, 1.82) is 0 Å². The Hall–Kier alpha value is -1.12. The molecule has 2 rings (SSSR count). The molecule has 1 fully saturated rings. The zero-order valence-electron chi connectivity index (χ0n) is 11.6. The van der Waals surface area contributed by atoms with E-state index in [0.29, 0.717) is 5.92 Å². The van der Waals surface area contributed by atoms with Crippen LogP contribution < -0.4 is 0 Å². The lowest BCUT2D eigenvalue weighted by Gasteiger charge is -2.18. The molecule has 98 valence electrons. The minimum atomic E-state index is -0.485. The topological polar surface area (TPSA) is 18.5 Å². The third-order valence-electron chi connectivity index (χ3n) is 3.10. The Labute approximate surface area is 110 Å². The minimum absolute atomic E-state index is 0.0280. The number of benzene rings is 1. The highest BCUT2D eigenvalue weighted by atomic mass is 16.7. The fourth-order valence-electron chi connectivity index (χ4n) is 2.25. The summed E-state index contributed by atoms with van der Waals surface area (Å²) in [6.45, 7) is 8.27. The molecular formula is C16H22O2. The van der Waals surface area contributed by atoms with Crippen molar-refractivity contribution in [2.24, 2.45) is 5.92 Å². The normalized spacial score (nSPS) is 27.2. The average Bonchev–Trinajstić information content (AvgIpc) is 2.64. The first-order chi connectivity index (χ1) is 8.48. The summed E-state index contributed by atoms with van der Waals surface area (Å²) in [5, 5.41) is 0. The van der Waals surface area contributed by atoms with Crippen LogP contribution in [0.5, 0.6) is 0 Å². The van der Waals surface area contributed by atoms with E-state index in [9.17, 15) is 0 Å². The predicted octanol–water partition coefficient (Wildman–Crippen LogP) is 3.88. The van der Waals surface area contributed by atoms with Crippen molar-refractivity contribution in [3.63, 3.8) is 0 Å². The Bertz CT molecular complexity index is 406.